The molecule has 0 unspecified atom stereocenters. The molecule has 0 bridgehead atoms. The fraction of sp³-hybridized carbons (Fsp3) is 0.0455. The zero-order chi connectivity index (χ0) is 16.5. The van der Waals surface area contributed by atoms with Gasteiger partial charge in [-0.25, -0.2) is 0 Å². The number of hydrogen-bond acceptors (Lipinski definition) is 1. The molecule has 0 heterocycles. The Bertz CT molecular complexity index is 904. The van der Waals surface area contributed by atoms with Crippen LogP contribution in [-0.4, -0.2) is 5.91 Å². The summed E-state index contributed by atoms with van der Waals surface area (Å²) in [5, 5.41) is 2.80. The van der Waals surface area contributed by atoms with Gasteiger partial charge in [0.05, 0.1) is 0 Å². The van der Waals surface area contributed by atoms with E-state index in [0.29, 0.717) is 0 Å². The van der Waals surface area contributed by atoms with Crippen LogP contribution in [0.5, 0.6) is 0 Å². The molecule has 116 valence electrons. The van der Waals surface area contributed by atoms with Gasteiger partial charge in [-0.1, -0.05) is 60.7 Å². The molecule has 4 rings (SSSR count). The van der Waals surface area contributed by atoms with Crippen LogP contribution in [0.4, 0.5) is 5.69 Å². The number of rotatable bonds is 2. The van der Waals surface area contributed by atoms with Gasteiger partial charge < -0.3 is 5.32 Å². The third-order valence-electron chi connectivity index (χ3n) is 4.27. The highest BCUT2D eigenvalue weighted by atomic mass is 16.1. The van der Waals surface area contributed by atoms with Crippen molar-refractivity contribution in [1.29, 1.82) is 0 Å². The summed E-state index contributed by atoms with van der Waals surface area (Å²) in [5.41, 5.74) is 8.29. The first-order chi connectivity index (χ1) is 11.7. The first-order valence-corrected chi connectivity index (χ1v) is 8.01. The summed E-state index contributed by atoms with van der Waals surface area (Å²) in [4.78, 5) is 11.1. The summed E-state index contributed by atoms with van der Waals surface area (Å²) in [7, 11) is 0. The van der Waals surface area contributed by atoms with Crippen LogP contribution >= 0.6 is 0 Å². The molecule has 0 spiro atoms. The van der Waals surface area contributed by atoms with Gasteiger partial charge in [0.15, 0.2) is 0 Å². The van der Waals surface area contributed by atoms with Gasteiger partial charge >= 0.3 is 0 Å². The molecule has 1 N–H and O–H groups in total. The molecule has 0 saturated carbocycles. The first-order valence-electron chi connectivity index (χ1n) is 8.01. The Kier molecular flexibility index (Phi) is 3.51. The molecule has 1 aliphatic carbocycles. The molecule has 1 amide bonds. The highest BCUT2D eigenvalue weighted by Crippen LogP contribution is 2.44. The minimum absolute atomic E-state index is 0.0558. The Morgan fingerprint density at radius 1 is 0.750 bits per heavy atom. The summed E-state index contributed by atoms with van der Waals surface area (Å²) in [6.07, 6.45) is 2.21. The summed E-state index contributed by atoms with van der Waals surface area (Å²) >= 11 is 0. The molecule has 2 heteroatoms. The Hall–Kier alpha value is -3.13. The lowest BCUT2D eigenvalue weighted by atomic mass is 10.0. The minimum atomic E-state index is -0.0558. The van der Waals surface area contributed by atoms with Crippen molar-refractivity contribution in [1.82, 2.24) is 0 Å². The second kappa shape index (κ2) is 5.82. The van der Waals surface area contributed by atoms with Gasteiger partial charge in [0.25, 0.3) is 0 Å². The molecule has 0 aromatic heterocycles. The van der Waals surface area contributed by atoms with Gasteiger partial charge in [-0.15, -0.1) is 0 Å². The number of nitrogens with one attached hydrogen (secondary N) is 1. The van der Waals surface area contributed by atoms with E-state index in [0.717, 1.165) is 11.3 Å². The second-order valence-corrected chi connectivity index (χ2v) is 5.95. The van der Waals surface area contributed by atoms with Crippen molar-refractivity contribution in [3.8, 4) is 11.1 Å². The molecule has 0 atom stereocenters. The van der Waals surface area contributed by atoms with E-state index < -0.39 is 0 Å². The monoisotopic (exact) mass is 311 g/mol. The highest BCUT2D eigenvalue weighted by molar-refractivity contribution is 6.06. The predicted octanol–water partition coefficient (Wildman–Crippen LogP) is 5.21. The van der Waals surface area contributed by atoms with E-state index in [-0.39, 0.29) is 5.91 Å². The molecule has 0 saturated heterocycles. The van der Waals surface area contributed by atoms with Crippen molar-refractivity contribution < 1.29 is 4.79 Å². The van der Waals surface area contributed by atoms with Crippen LogP contribution in [0.3, 0.4) is 0 Å². The maximum atomic E-state index is 11.1. The third kappa shape index (κ3) is 2.52. The van der Waals surface area contributed by atoms with E-state index in [2.05, 4.69) is 59.9 Å². The van der Waals surface area contributed by atoms with E-state index in [4.69, 9.17) is 0 Å². The summed E-state index contributed by atoms with van der Waals surface area (Å²) < 4.78 is 0. The number of anilines is 1. The van der Waals surface area contributed by atoms with Crippen molar-refractivity contribution in [2.24, 2.45) is 0 Å². The zero-order valence-corrected chi connectivity index (χ0v) is 13.4. The van der Waals surface area contributed by atoms with Crippen LogP contribution in [0.15, 0.2) is 72.8 Å². The largest absolute Gasteiger partial charge is 0.326 e. The van der Waals surface area contributed by atoms with Crippen molar-refractivity contribution in [3.05, 3.63) is 89.5 Å². The van der Waals surface area contributed by atoms with Gasteiger partial charge in [-0.2, -0.15) is 0 Å². The Morgan fingerprint density at radius 3 is 1.75 bits per heavy atom. The SMILES string of the molecule is CC(=O)Nc1ccc(C=C2c3ccccc3-c3ccccc32)cc1. The van der Waals surface area contributed by atoms with E-state index in [1.807, 2.05) is 24.3 Å². The van der Waals surface area contributed by atoms with E-state index in [9.17, 15) is 4.79 Å². The van der Waals surface area contributed by atoms with Gasteiger partial charge in [0, 0.05) is 12.6 Å². The van der Waals surface area contributed by atoms with Crippen LogP contribution in [-0.2, 0) is 4.79 Å². The van der Waals surface area contributed by atoms with Crippen molar-refractivity contribution in [2.45, 2.75) is 6.92 Å². The molecular weight excluding hydrogens is 294 g/mol. The number of carbonyl (C=O) groups is 1. The normalized spacial score (nSPS) is 11.6. The Labute approximate surface area is 141 Å². The smallest absolute Gasteiger partial charge is 0.221 e. The quantitative estimate of drug-likeness (QED) is 0.540. The average Bonchev–Trinajstić information content (AvgIpc) is 2.91. The fourth-order valence-corrected chi connectivity index (χ4v) is 3.24. The highest BCUT2D eigenvalue weighted by Gasteiger charge is 2.21. The lowest BCUT2D eigenvalue weighted by Gasteiger charge is -2.05. The standard InChI is InChI=1S/C22H17NO/c1-15(24)23-17-12-10-16(11-13-17)14-22-20-8-4-2-6-18(20)19-7-3-5-9-21(19)22/h2-14H,1H3,(H,23,24). The van der Waals surface area contributed by atoms with E-state index in [1.165, 1.54) is 34.8 Å². The number of amides is 1. The molecule has 24 heavy (non-hydrogen) atoms. The number of hydrogen-bond donors (Lipinski definition) is 1. The van der Waals surface area contributed by atoms with Gasteiger partial charge in [-0.3, -0.25) is 4.79 Å². The molecule has 1 aliphatic rings. The summed E-state index contributed by atoms with van der Waals surface area (Å²) in [6.45, 7) is 1.52. The molecule has 3 aromatic carbocycles. The van der Waals surface area contributed by atoms with Crippen LogP contribution in [0, 0.1) is 0 Å². The maximum absolute atomic E-state index is 11.1. The van der Waals surface area contributed by atoms with Gasteiger partial charge in [0.2, 0.25) is 5.91 Å². The van der Waals surface area contributed by atoms with Crippen molar-refractivity contribution >= 4 is 23.2 Å². The second-order valence-electron chi connectivity index (χ2n) is 5.95. The lowest BCUT2D eigenvalue weighted by Crippen LogP contribution is -2.05. The first kappa shape index (κ1) is 14.5. The Morgan fingerprint density at radius 2 is 1.25 bits per heavy atom. The van der Waals surface area contributed by atoms with Crippen LogP contribution in [0.2, 0.25) is 0 Å². The number of carbonyl (C=O) groups excluding carboxylic acids is 1. The van der Waals surface area contributed by atoms with Gasteiger partial charge in [-0.05, 0) is 51.6 Å². The summed E-state index contributed by atoms with van der Waals surface area (Å²) in [6, 6.07) is 25.0. The average molecular weight is 311 g/mol. The molecular formula is C22H17NO. The van der Waals surface area contributed by atoms with Crippen molar-refractivity contribution in [3.63, 3.8) is 0 Å². The van der Waals surface area contributed by atoms with E-state index >= 15 is 0 Å². The molecule has 0 aliphatic heterocycles. The number of fused-ring (bicyclic) bond motifs is 3. The minimum Gasteiger partial charge on any atom is -0.326 e. The topological polar surface area (TPSA) is 29.1 Å². The molecule has 0 radical (unpaired) electrons. The number of benzene rings is 3. The fourth-order valence-electron chi connectivity index (χ4n) is 3.24. The van der Waals surface area contributed by atoms with Crippen LogP contribution in [0.25, 0.3) is 22.8 Å². The molecule has 3 aromatic rings. The lowest BCUT2D eigenvalue weighted by molar-refractivity contribution is -0.114. The van der Waals surface area contributed by atoms with E-state index in [1.54, 1.807) is 0 Å². The summed E-state index contributed by atoms with van der Waals surface area (Å²) in [5.74, 6) is -0.0558. The molecule has 0 fully saturated rings. The molecule has 2 nitrogen and oxygen atoms in total. The van der Waals surface area contributed by atoms with Crippen molar-refractivity contribution in [2.75, 3.05) is 5.32 Å². The van der Waals surface area contributed by atoms with Gasteiger partial charge in [0.1, 0.15) is 0 Å². The van der Waals surface area contributed by atoms with Crippen LogP contribution < -0.4 is 5.32 Å². The maximum Gasteiger partial charge on any atom is 0.221 e. The predicted molar refractivity (Wildman–Crippen MR) is 99.6 cm³/mol. The third-order valence-corrected chi connectivity index (χ3v) is 4.27. The zero-order valence-electron chi connectivity index (χ0n) is 13.4. The van der Waals surface area contributed by atoms with Crippen LogP contribution in [0.1, 0.15) is 23.6 Å². The Balaban J connectivity index is 1.78.